The highest BCUT2D eigenvalue weighted by molar-refractivity contribution is 7.89. The van der Waals surface area contributed by atoms with Crippen LogP contribution in [0.2, 0.25) is 0 Å². The van der Waals surface area contributed by atoms with Gasteiger partial charge in [-0.15, -0.1) is 0 Å². The van der Waals surface area contributed by atoms with Crippen molar-refractivity contribution in [1.82, 2.24) is 4.90 Å². The van der Waals surface area contributed by atoms with Gasteiger partial charge in [0.05, 0.1) is 5.75 Å². The van der Waals surface area contributed by atoms with Crippen LogP contribution in [0.1, 0.15) is 25.7 Å². The Hall–Kier alpha value is -0.460. The van der Waals surface area contributed by atoms with Gasteiger partial charge in [0.25, 0.3) is 0 Å². The van der Waals surface area contributed by atoms with Gasteiger partial charge < -0.3 is 0 Å². The normalized spacial score (nSPS) is 32.2. The predicted octanol–water partition coefficient (Wildman–Crippen LogP) is -0.529. The first-order valence-electron chi connectivity index (χ1n) is 5.23. The van der Waals surface area contributed by atoms with Gasteiger partial charge in [-0.05, 0) is 12.8 Å². The van der Waals surface area contributed by atoms with E-state index < -0.39 is 10.0 Å². The molecule has 0 amide bonds. The fourth-order valence-corrected chi connectivity index (χ4v) is 3.13. The number of nitrogens with zero attached hydrogens (tertiary/aromatic N) is 1. The number of nitrogens with two attached hydrogens (primary N) is 1. The first kappa shape index (κ1) is 11.0. The lowest BCUT2D eigenvalue weighted by molar-refractivity contribution is -0.123. The number of ketones is 1. The van der Waals surface area contributed by atoms with Gasteiger partial charge >= 0.3 is 0 Å². The largest absolute Gasteiger partial charge is 0.300 e. The maximum atomic E-state index is 11.3. The summed E-state index contributed by atoms with van der Waals surface area (Å²) in [4.78, 5) is 13.4. The Morgan fingerprint density at radius 1 is 1.27 bits per heavy atom. The predicted molar refractivity (Wildman–Crippen MR) is 55.7 cm³/mol. The van der Waals surface area contributed by atoms with Crippen molar-refractivity contribution in [2.24, 2.45) is 5.14 Å². The van der Waals surface area contributed by atoms with Crippen LogP contribution in [-0.2, 0) is 14.8 Å². The first-order chi connectivity index (χ1) is 6.96. The van der Waals surface area contributed by atoms with E-state index in [4.69, 9.17) is 5.14 Å². The third kappa shape index (κ3) is 2.56. The van der Waals surface area contributed by atoms with E-state index in [2.05, 4.69) is 4.90 Å². The van der Waals surface area contributed by atoms with Crippen molar-refractivity contribution >= 4 is 15.8 Å². The average Bonchev–Trinajstić information content (AvgIpc) is 2.33. The molecular weight excluding hydrogens is 216 g/mol. The van der Waals surface area contributed by atoms with E-state index in [0.717, 1.165) is 12.8 Å². The van der Waals surface area contributed by atoms with E-state index in [-0.39, 0.29) is 17.8 Å². The fraction of sp³-hybridized carbons (Fsp3) is 0.889. The zero-order valence-electron chi connectivity index (χ0n) is 8.55. The number of primary sulfonamides is 1. The van der Waals surface area contributed by atoms with Crippen LogP contribution in [0.25, 0.3) is 0 Å². The molecule has 2 N–H and O–H groups in total. The SMILES string of the molecule is NS(=O)(=O)CCN1C2CCC1CC(=O)C2. The van der Waals surface area contributed by atoms with Crippen molar-refractivity contribution in [1.29, 1.82) is 0 Å². The van der Waals surface area contributed by atoms with Gasteiger partial charge in [0.2, 0.25) is 10.0 Å². The Bertz CT molecular complexity index is 350. The molecule has 15 heavy (non-hydrogen) atoms. The van der Waals surface area contributed by atoms with E-state index in [0.29, 0.717) is 25.2 Å². The number of rotatable bonds is 3. The number of carbonyl (C=O) groups is 1. The molecule has 0 spiro atoms. The van der Waals surface area contributed by atoms with Gasteiger partial charge in [-0.3, -0.25) is 9.69 Å². The highest BCUT2D eigenvalue weighted by Gasteiger charge is 2.39. The molecule has 2 unspecified atom stereocenters. The Labute approximate surface area is 89.7 Å². The third-order valence-electron chi connectivity index (χ3n) is 3.33. The maximum Gasteiger partial charge on any atom is 0.210 e. The van der Waals surface area contributed by atoms with Crippen LogP contribution in [0, 0.1) is 0 Å². The number of fused-ring (bicyclic) bond motifs is 2. The smallest absolute Gasteiger partial charge is 0.210 e. The lowest BCUT2D eigenvalue weighted by atomic mass is 10.0. The molecule has 0 aromatic rings. The Morgan fingerprint density at radius 2 is 1.80 bits per heavy atom. The number of hydrogen-bond donors (Lipinski definition) is 1. The summed E-state index contributed by atoms with van der Waals surface area (Å²) in [5.41, 5.74) is 0. The summed E-state index contributed by atoms with van der Waals surface area (Å²) in [5.74, 6) is 0.308. The number of Topliss-reactive ketones (excluding diaryl/α,β-unsaturated/α-hetero) is 1. The van der Waals surface area contributed by atoms with Crippen LogP contribution < -0.4 is 5.14 Å². The molecule has 2 saturated heterocycles. The van der Waals surface area contributed by atoms with Crippen LogP contribution in [0.3, 0.4) is 0 Å². The van der Waals surface area contributed by atoms with Crippen molar-refractivity contribution < 1.29 is 13.2 Å². The Kier molecular flexibility index (Phi) is 2.83. The quantitative estimate of drug-likeness (QED) is 0.709. The molecule has 2 aliphatic rings. The van der Waals surface area contributed by atoms with Crippen LogP contribution in [0.15, 0.2) is 0 Å². The monoisotopic (exact) mass is 232 g/mol. The van der Waals surface area contributed by atoms with E-state index in [1.165, 1.54) is 0 Å². The topological polar surface area (TPSA) is 80.5 Å². The second-order valence-corrected chi connectivity index (χ2v) is 6.17. The molecule has 5 nitrogen and oxygen atoms in total. The minimum Gasteiger partial charge on any atom is -0.300 e. The van der Waals surface area contributed by atoms with Gasteiger partial charge in [-0.25, -0.2) is 13.6 Å². The standard InChI is InChI=1S/C9H16N2O3S/c10-15(13,14)4-3-11-7-1-2-8(11)6-9(12)5-7/h7-8H,1-6H2,(H2,10,13,14). The number of carbonyl (C=O) groups excluding carboxylic acids is 1. The molecule has 0 aliphatic carbocycles. The Morgan fingerprint density at radius 3 is 2.27 bits per heavy atom. The molecule has 6 heteroatoms. The minimum absolute atomic E-state index is 0.00576. The molecule has 0 aromatic heterocycles. The van der Waals surface area contributed by atoms with E-state index in [9.17, 15) is 13.2 Å². The van der Waals surface area contributed by atoms with Crippen molar-refractivity contribution in [2.45, 2.75) is 37.8 Å². The molecule has 2 aliphatic heterocycles. The lowest BCUT2D eigenvalue weighted by Crippen LogP contribution is -2.45. The molecule has 0 radical (unpaired) electrons. The second kappa shape index (κ2) is 3.84. The summed E-state index contributed by atoms with van der Waals surface area (Å²) in [6.45, 7) is 0.474. The molecule has 2 atom stereocenters. The summed E-state index contributed by atoms with van der Waals surface area (Å²) in [7, 11) is -3.38. The molecule has 2 heterocycles. The van der Waals surface area contributed by atoms with Gasteiger partial charge in [-0.2, -0.15) is 0 Å². The first-order valence-corrected chi connectivity index (χ1v) is 6.95. The number of piperidine rings is 1. The number of sulfonamides is 1. The van der Waals surface area contributed by atoms with Gasteiger partial charge in [-0.1, -0.05) is 0 Å². The van der Waals surface area contributed by atoms with Crippen LogP contribution in [-0.4, -0.2) is 43.5 Å². The second-order valence-electron chi connectivity index (χ2n) is 4.44. The number of hydrogen-bond acceptors (Lipinski definition) is 4. The van der Waals surface area contributed by atoms with E-state index in [1.807, 2.05) is 0 Å². The molecule has 0 aromatic carbocycles. The molecule has 86 valence electrons. The van der Waals surface area contributed by atoms with Gasteiger partial charge in [0.15, 0.2) is 0 Å². The highest BCUT2D eigenvalue weighted by Crippen LogP contribution is 2.33. The summed E-state index contributed by atoms with van der Waals surface area (Å²) in [6.07, 6.45) is 3.20. The van der Waals surface area contributed by atoms with E-state index in [1.54, 1.807) is 0 Å². The zero-order chi connectivity index (χ0) is 11.1. The highest BCUT2D eigenvalue weighted by atomic mass is 32.2. The van der Waals surface area contributed by atoms with Crippen LogP contribution in [0.5, 0.6) is 0 Å². The van der Waals surface area contributed by atoms with Gasteiger partial charge in [0.1, 0.15) is 5.78 Å². The summed E-state index contributed by atoms with van der Waals surface area (Å²) in [6, 6.07) is 0.524. The molecule has 2 rings (SSSR count). The van der Waals surface area contributed by atoms with Crippen LogP contribution >= 0.6 is 0 Å². The lowest BCUT2D eigenvalue weighted by Gasteiger charge is -2.33. The third-order valence-corrected chi connectivity index (χ3v) is 4.08. The van der Waals surface area contributed by atoms with Gasteiger partial charge in [0, 0.05) is 31.5 Å². The molecule has 2 bridgehead atoms. The molecule has 0 saturated carbocycles. The van der Waals surface area contributed by atoms with Crippen LogP contribution in [0.4, 0.5) is 0 Å². The maximum absolute atomic E-state index is 11.3. The van der Waals surface area contributed by atoms with Crippen molar-refractivity contribution in [3.05, 3.63) is 0 Å². The average molecular weight is 232 g/mol. The van der Waals surface area contributed by atoms with Crippen molar-refractivity contribution in [3.63, 3.8) is 0 Å². The molecular formula is C9H16N2O3S. The Balaban J connectivity index is 1.97. The summed E-state index contributed by atoms with van der Waals surface area (Å²) >= 11 is 0. The molecule has 2 fully saturated rings. The summed E-state index contributed by atoms with van der Waals surface area (Å²) in [5, 5.41) is 4.97. The van der Waals surface area contributed by atoms with Crippen molar-refractivity contribution in [2.75, 3.05) is 12.3 Å². The van der Waals surface area contributed by atoms with E-state index >= 15 is 0 Å². The minimum atomic E-state index is -3.38. The zero-order valence-corrected chi connectivity index (χ0v) is 9.37. The summed E-state index contributed by atoms with van der Waals surface area (Å²) < 4.78 is 21.7. The van der Waals surface area contributed by atoms with Crippen molar-refractivity contribution in [3.8, 4) is 0 Å². The fourth-order valence-electron chi connectivity index (χ4n) is 2.66.